The molecule has 1 atom stereocenters. The van der Waals surface area contributed by atoms with E-state index in [0.29, 0.717) is 13.0 Å². The number of hydrogen-bond donors (Lipinski definition) is 1. The standard InChI is InChI=1S/C24H22N2OS/c27-24(20-7-3-1-4-8-20,15-17-26-18-16-25-19-26)21-11-13-23(14-12-21)28-22-9-5-2-6-10-22/h1-14,16,18-19,27H,15,17H2. The highest BCUT2D eigenvalue weighted by atomic mass is 32.2. The summed E-state index contributed by atoms with van der Waals surface area (Å²) >= 11 is 1.72. The average Bonchev–Trinajstić information content (AvgIpc) is 3.28. The van der Waals surface area contributed by atoms with E-state index in [2.05, 4.69) is 29.2 Å². The van der Waals surface area contributed by atoms with Crippen molar-refractivity contribution in [3.63, 3.8) is 0 Å². The van der Waals surface area contributed by atoms with Crippen LogP contribution in [0.4, 0.5) is 0 Å². The zero-order valence-corrected chi connectivity index (χ0v) is 16.3. The Labute approximate surface area is 169 Å². The number of nitrogens with zero attached hydrogens (tertiary/aromatic N) is 2. The maximum Gasteiger partial charge on any atom is 0.116 e. The predicted molar refractivity (Wildman–Crippen MR) is 113 cm³/mol. The number of aliphatic hydroxyl groups is 1. The van der Waals surface area contributed by atoms with Gasteiger partial charge in [0.1, 0.15) is 5.60 Å². The van der Waals surface area contributed by atoms with Crippen molar-refractivity contribution in [1.82, 2.24) is 9.55 Å². The maximum absolute atomic E-state index is 11.7. The third kappa shape index (κ3) is 4.19. The molecule has 140 valence electrons. The molecule has 1 N–H and O–H groups in total. The van der Waals surface area contributed by atoms with Gasteiger partial charge < -0.3 is 9.67 Å². The third-order valence-corrected chi connectivity index (χ3v) is 5.87. The van der Waals surface area contributed by atoms with Gasteiger partial charge in [-0.1, -0.05) is 72.4 Å². The van der Waals surface area contributed by atoms with Crippen LogP contribution in [0.1, 0.15) is 17.5 Å². The molecule has 0 amide bonds. The molecule has 1 unspecified atom stereocenters. The topological polar surface area (TPSA) is 38.0 Å². The first-order valence-corrected chi connectivity index (χ1v) is 10.1. The molecule has 0 aliphatic heterocycles. The van der Waals surface area contributed by atoms with E-state index in [9.17, 15) is 5.11 Å². The first-order chi connectivity index (χ1) is 13.7. The lowest BCUT2D eigenvalue weighted by Crippen LogP contribution is -2.28. The summed E-state index contributed by atoms with van der Waals surface area (Å²) in [6, 6.07) is 28.4. The van der Waals surface area contributed by atoms with Crippen LogP contribution in [0.2, 0.25) is 0 Å². The van der Waals surface area contributed by atoms with Gasteiger partial charge in [-0.3, -0.25) is 0 Å². The van der Waals surface area contributed by atoms with Gasteiger partial charge in [-0.25, -0.2) is 4.98 Å². The Morgan fingerprint density at radius 2 is 1.39 bits per heavy atom. The van der Waals surface area contributed by atoms with Crippen LogP contribution in [0.15, 0.2) is 113 Å². The average molecular weight is 387 g/mol. The van der Waals surface area contributed by atoms with Crippen LogP contribution >= 0.6 is 11.8 Å². The fourth-order valence-electron chi connectivity index (χ4n) is 3.30. The molecular formula is C24H22N2OS. The molecule has 0 spiro atoms. The van der Waals surface area contributed by atoms with E-state index in [-0.39, 0.29) is 0 Å². The zero-order valence-electron chi connectivity index (χ0n) is 15.5. The summed E-state index contributed by atoms with van der Waals surface area (Å²) in [5.41, 5.74) is 0.747. The van der Waals surface area contributed by atoms with E-state index < -0.39 is 5.60 Å². The first-order valence-electron chi connectivity index (χ1n) is 9.31. The van der Waals surface area contributed by atoms with Gasteiger partial charge in [0.15, 0.2) is 0 Å². The molecule has 3 nitrogen and oxygen atoms in total. The van der Waals surface area contributed by atoms with Gasteiger partial charge >= 0.3 is 0 Å². The molecule has 1 heterocycles. The molecule has 0 fully saturated rings. The number of imidazole rings is 1. The van der Waals surface area contributed by atoms with Crippen molar-refractivity contribution < 1.29 is 5.11 Å². The van der Waals surface area contributed by atoms with E-state index in [1.807, 2.05) is 71.4 Å². The van der Waals surface area contributed by atoms with Crippen molar-refractivity contribution in [1.29, 1.82) is 0 Å². The maximum atomic E-state index is 11.7. The van der Waals surface area contributed by atoms with Gasteiger partial charge in [0, 0.05) is 35.2 Å². The Morgan fingerprint density at radius 3 is 2.04 bits per heavy atom. The minimum atomic E-state index is -1.05. The molecule has 0 radical (unpaired) electrons. The summed E-state index contributed by atoms with van der Waals surface area (Å²) in [5.74, 6) is 0. The number of hydrogen-bond acceptors (Lipinski definition) is 3. The monoisotopic (exact) mass is 386 g/mol. The molecule has 0 aliphatic carbocycles. The summed E-state index contributed by atoms with van der Waals surface area (Å²) in [4.78, 5) is 6.45. The second kappa shape index (κ2) is 8.46. The minimum absolute atomic E-state index is 0.568. The fourth-order valence-corrected chi connectivity index (χ4v) is 4.14. The summed E-state index contributed by atoms with van der Waals surface area (Å²) in [6.45, 7) is 0.686. The summed E-state index contributed by atoms with van der Waals surface area (Å²) in [5, 5.41) is 11.7. The van der Waals surface area contributed by atoms with Crippen molar-refractivity contribution in [2.24, 2.45) is 0 Å². The summed E-state index contributed by atoms with van der Waals surface area (Å²) in [7, 11) is 0. The Morgan fingerprint density at radius 1 is 0.786 bits per heavy atom. The van der Waals surface area contributed by atoms with E-state index >= 15 is 0 Å². The van der Waals surface area contributed by atoms with Crippen molar-refractivity contribution >= 4 is 11.8 Å². The Balaban J connectivity index is 1.60. The largest absolute Gasteiger partial charge is 0.380 e. The van der Waals surface area contributed by atoms with Crippen LogP contribution in [0.3, 0.4) is 0 Å². The lowest BCUT2D eigenvalue weighted by Gasteiger charge is -2.30. The second-order valence-corrected chi connectivity index (χ2v) is 7.86. The number of aryl methyl sites for hydroxylation is 1. The molecule has 0 aliphatic rings. The normalized spacial score (nSPS) is 13.2. The molecule has 0 saturated carbocycles. The predicted octanol–water partition coefficient (Wildman–Crippen LogP) is 5.36. The number of benzene rings is 3. The molecule has 4 aromatic rings. The van der Waals surface area contributed by atoms with Crippen LogP contribution in [0.5, 0.6) is 0 Å². The second-order valence-electron chi connectivity index (χ2n) is 6.72. The lowest BCUT2D eigenvalue weighted by atomic mass is 9.83. The molecular weight excluding hydrogens is 364 g/mol. The fraction of sp³-hybridized carbons (Fsp3) is 0.125. The number of aromatic nitrogens is 2. The summed E-state index contributed by atoms with van der Waals surface area (Å²) in [6.07, 6.45) is 6.03. The molecule has 28 heavy (non-hydrogen) atoms. The third-order valence-electron chi connectivity index (χ3n) is 4.85. The van der Waals surface area contributed by atoms with E-state index in [0.717, 1.165) is 16.0 Å². The van der Waals surface area contributed by atoms with Crippen molar-refractivity contribution in [3.8, 4) is 0 Å². The van der Waals surface area contributed by atoms with Crippen LogP contribution < -0.4 is 0 Å². The summed E-state index contributed by atoms with van der Waals surface area (Å²) < 4.78 is 1.99. The highest BCUT2D eigenvalue weighted by Crippen LogP contribution is 2.35. The van der Waals surface area contributed by atoms with Crippen molar-refractivity contribution in [2.45, 2.75) is 28.4 Å². The van der Waals surface area contributed by atoms with E-state index in [1.165, 1.54) is 4.90 Å². The Kier molecular flexibility index (Phi) is 5.60. The molecule has 0 saturated heterocycles. The van der Waals surface area contributed by atoms with Gasteiger partial charge in [-0.05, 0) is 35.4 Å². The van der Waals surface area contributed by atoms with Gasteiger partial charge in [-0.15, -0.1) is 0 Å². The van der Waals surface area contributed by atoms with Crippen LogP contribution in [0.25, 0.3) is 0 Å². The molecule has 4 rings (SSSR count). The minimum Gasteiger partial charge on any atom is -0.380 e. The van der Waals surface area contributed by atoms with Crippen LogP contribution in [-0.4, -0.2) is 14.7 Å². The Hall–Kier alpha value is -2.82. The molecule has 3 aromatic carbocycles. The van der Waals surface area contributed by atoms with E-state index in [1.54, 1.807) is 24.3 Å². The highest BCUT2D eigenvalue weighted by Gasteiger charge is 2.31. The Bertz CT molecular complexity index is 986. The number of rotatable bonds is 7. The molecule has 1 aromatic heterocycles. The lowest BCUT2D eigenvalue weighted by molar-refractivity contribution is 0.0659. The van der Waals surface area contributed by atoms with Crippen LogP contribution in [-0.2, 0) is 12.1 Å². The molecule has 0 bridgehead atoms. The van der Waals surface area contributed by atoms with Gasteiger partial charge in [-0.2, -0.15) is 0 Å². The van der Waals surface area contributed by atoms with Crippen molar-refractivity contribution in [3.05, 3.63) is 115 Å². The zero-order chi connectivity index (χ0) is 19.2. The quantitative estimate of drug-likeness (QED) is 0.465. The SMILES string of the molecule is OC(CCn1ccnc1)(c1ccccc1)c1ccc(Sc2ccccc2)cc1. The highest BCUT2D eigenvalue weighted by molar-refractivity contribution is 7.99. The van der Waals surface area contributed by atoms with Gasteiger partial charge in [0.25, 0.3) is 0 Å². The van der Waals surface area contributed by atoms with Gasteiger partial charge in [0.05, 0.1) is 6.33 Å². The van der Waals surface area contributed by atoms with Crippen LogP contribution in [0, 0.1) is 0 Å². The smallest absolute Gasteiger partial charge is 0.116 e. The molecule has 4 heteroatoms. The first kappa shape index (κ1) is 18.5. The van der Waals surface area contributed by atoms with Crippen molar-refractivity contribution in [2.75, 3.05) is 0 Å². The van der Waals surface area contributed by atoms with E-state index in [4.69, 9.17) is 0 Å². The van der Waals surface area contributed by atoms with Gasteiger partial charge in [0.2, 0.25) is 0 Å².